The van der Waals surface area contributed by atoms with Gasteiger partial charge in [-0.25, -0.2) is 9.59 Å². The Kier molecular flexibility index (Phi) is 6.97. The Hall–Kier alpha value is -3.10. The van der Waals surface area contributed by atoms with Gasteiger partial charge in [-0.2, -0.15) is 0 Å². The zero-order chi connectivity index (χ0) is 20.8. The minimum atomic E-state index is -1.15. The molecule has 1 heterocycles. The smallest absolute Gasteiger partial charge is 0.329 e. The van der Waals surface area contributed by atoms with Crippen LogP contribution in [0, 0.1) is 5.92 Å². The molecule has 1 fully saturated rings. The fourth-order valence-corrected chi connectivity index (χ4v) is 2.75. The van der Waals surface area contributed by atoms with Crippen molar-refractivity contribution < 1.29 is 28.7 Å². The molecule has 152 valence electrons. The van der Waals surface area contributed by atoms with Crippen LogP contribution in [0.5, 0.6) is 5.75 Å². The lowest BCUT2D eigenvalue weighted by Crippen LogP contribution is -2.48. The number of ether oxygens (including phenoxy) is 2. The molecule has 0 unspecified atom stereocenters. The van der Waals surface area contributed by atoms with Crippen molar-refractivity contribution in [2.24, 2.45) is 5.92 Å². The lowest BCUT2D eigenvalue weighted by atomic mass is 10.0. The molecule has 1 aromatic rings. The summed E-state index contributed by atoms with van der Waals surface area (Å²) in [6.07, 6.45) is -1.15. The van der Waals surface area contributed by atoms with Gasteiger partial charge in [0.1, 0.15) is 11.8 Å². The van der Waals surface area contributed by atoms with E-state index in [-0.39, 0.29) is 18.0 Å². The first-order valence-electron chi connectivity index (χ1n) is 8.99. The molecule has 9 heteroatoms. The third-order valence-corrected chi connectivity index (χ3v) is 4.32. The van der Waals surface area contributed by atoms with Crippen molar-refractivity contribution in [3.05, 3.63) is 29.8 Å². The molecule has 9 nitrogen and oxygen atoms in total. The number of benzene rings is 1. The molecule has 28 heavy (non-hydrogen) atoms. The number of para-hydroxylation sites is 1. The minimum absolute atomic E-state index is 0.220. The molecule has 1 aliphatic heterocycles. The molecular formula is C19H25N3O6. The molecule has 4 amide bonds. The van der Waals surface area contributed by atoms with Crippen LogP contribution in [-0.2, 0) is 14.3 Å². The SMILES string of the molecule is COc1ccccc1C(=O)N[C@H](C(=O)O[C@@H](C)C(=O)N1CCNC1=O)C(C)C. The number of methoxy groups -OCH3 is 1. The Morgan fingerprint density at radius 1 is 1.18 bits per heavy atom. The number of hydrogen-bond donors (Lipinski definition) is 2. The van der Waals surface area contributed by atoms with E-state index >= 15 is 0 Å². The Balaban J connectivity index is 2.06. The van der Waals surface area contributed by atoms with Gasteiger partial charge < -0.3 is 20.1 Å². The largest absolute Gasteiger partial charge is 0.496 e. The highest BCUT2D eigenvalue weighted by atomic mass is 16.5. The summed E-state index contributed by atoms with van der Waals surface area (Å²) in [4.78, 5) is 50.1. The number of amides is 4. The molecular weight excluding hydrogens is 366 g/mol. The number of hydrogen-bond acceptors (Lipinski definition) is 6. The Morgan fingerprint density at radius 3 is 2.43 bits per heavy atom. The fourth-order valence-electron chi connectivity index (χ4n) is 2.75. The van der Waals surface area contributed by atoms with E-state index in [1.54, 1.807) is 38.1 Å². The van der Waals surface area contributed by atoms with Crippen molar-refractivity contribution in [1.82, 2.24) is 15.5 Å². The first kappa shape index (κ1) is 21.2. The maximum absolute atomic E-state index is 12.6. The highest BCUT2D eigenvalue weighted by Gasteiger charge is 2.34. The van der Waals surface area contributed by atoms with Gasteiger partial charge in [0.25, 0.3) is 11.8 Å². The second-order valence-corrected chi connectivity index (χ2v) is 6.70. The van der Waals surface area contributed by atoms with Crippen LogP contribution in [0.15, 0.2) is 24.3 Å². The van der Waals surface area contributed by atoms with Crippen molar-refractivity contribution in [2.45, 2.75) is 32.9 Å². The second kappa shape index (κ2) is 9.20. The predicted molar refractivity (Wildman–Crippen MR) is 99.8 cm³/mol. The lowest BCUT2D eigenvalue weighted by Gasteiger charge is -2.24. The highest BCUT2D eigenvalue weighted by Crippen LogP contribution is 2.18. The normalized spacial score (nSPS) is 15.6. The summed E-state index contributed by atoms with van der Waals surface area (Å²) < 4.78 is 10.4. The van der Waals surface area contributed by atoms with Crippen molar-refractivity contribution in [1.29, 1.82) is 0 Å². The number of nitrogens with one attached hydrogen (secondary N) is 2. The van der Waals surface area contributed by atoms with Gasteiger partial charge in [-0.1, -0.05) is 26.0 Å². The third kappa shape index (κ3) is 4.79. The maximum Gasteiger partial charge on any atom is 0.329 e. The van der Waals surface area contributed by atoms with E-state index in [9.17, 15) is 19.2 Å². The Bertz CT molecular complexity index is 764. The van der Waals surface area contributed by atoms with E-state index in [1.165, 1.54) is 14.0 Å². The van der Waals surface area contributed by atoms with Gasteiger partial charge in [-0.3, -0.25) is 14.5 Å². The summed E-state index contributed by atoms with van der Waals surface area (Å²) >= 11 is 0. The minimum Gasteiger partial charge on any atom is -0.496 e. The first-order valence-corrected chi connectivity index (χ1v) is 8.99. The van der Waals surface area contributed by atoms with Crippen LogP contribution in [0.2, 0.25) is 0 Å². The molecule has 0 bridgehead atoms. The molecule has 0 saturated carbocycles. The molecule has 1 aliphatic rings. The van der Waals surface area contributed by atoms with Crippen LogP contribution in [0.1, 0.15) is 31.1 Å². The quantitative estimate of drug-likeness (QED) is 0.669. The summed E-state index contributed by atoms with van der Waals surface area (Å²) in [6.45, 7) is 5.46. The number of imide groups is 1. The topological polar surface area (TPSA) is 114 Å². The van der Waals surface area contributed by atoms with Crippen molar-refractivity contribution >= 4 is 23.8 Å². The van der Waals surface area contributed by atoms with E-state index in [0.29, 0.717) is 12.3 Å². The predicted octanol–water partition coefficient (Wildman–Crippen LogP) is 0.933. The zero-order valence-corrected chi connectivity index (χ0v) is 16.4. The molecule has 2 rings (SSSR count). The number of urea groups is 1. The molecule has 0 radical (unpaired) electrons. The molecule has 0 aromatic heterocycles. The van der Waals surface area contributed by atoms with Crippen LogP contribution < -0.4 is 15.4 Å². The monoisotopic (exact) mass is 391 g/mol. The lowest BCUT2D eigenvalue weighted by molar-refractivity contribution is -0.160. The van der Waals surface area contributed by atoms with E-state index in [2.05, 4.69) is 10.6 Å². The average molecular weight is 391 g/mol. The van der Waals surface area contributed by atoms with Gasteiger partial charge in [0.2, 0.25) is 0 Å². The van der Waals surface area contributed by atoms with Crippen molar-refractivity contribution in [3.63, 3.8) is 0 Å². The van der Waals surface area contributed by atoms with Crippen LogP contribution in [0.25, 0.3) is 0 Å². The van der Waals surface area contributed by atoms with Crippen LogP contribution in [-0.4, -0.2) is 61.1 Å². The van der Waals surface area contributed by atoms with Gasteiger partial charge in [0.15, 0.2) is 6.10 Å². The van der Waals surface area contributed by atoms with Crippen LogP contribution in [0.4, 0.5) is 4.79 Å². The second-order valence-electron chi connectivity index (χ2n) is 6.70. The summed E-state index contributed by atoms with van der Waals surface area (Å²) in [7, 11) is 1.45. The Morgan fingerprint density at radius 2 is 1.86 bits per heavy atom. The molecule has 0 aliphatic carbocycles. The Labute approximate surface area is 163 Å². The number of nitrogens with zero attached hydrogens (tertiary/aromatic N) is 1. The van der Waals surface area contributed by atoms with Gasteiger partial charge in [-0.05, 0) is 25.0 Å². The molecule has 2 N–H and O–H groups in total. The van der Waals surface area contributed by atoms with Crippen LogP contribution in [0.3, 0.4) is 0 Å². The van der Waals surface area contributed by atoms with E-state index in [1.807, 2.05) is 0 Å². The maximum atomic E-state index is 12.6. The zero-order valence-electron chi connectivity index (χ0n) is 16.4. The number of esters is 1. The fraction of sp³-hybridized carbons (Fsp3) is 0.474. The molecule has 2 atom stereocenters. The van der Waals surface area contributed by atoms with Crippen molar-refractivity contribution in [3.8, 4) is 5.75 Å². The summed E-state index contributed by atoms with van der Waals surface area (Å²) in [6, 6.07) is 5.14. The van der Waals surface area contributed by atoms with Crippen LogP contribution >= 0.6 is 0 Å². The van der Waals surface area contributed by atoms with Gasteiger partial charge in [0, 0.05) is 13.1 Å². The van der Waals surface area contributed by atoms with Gasteiger partial charge >= 0.3 is 12.0 Å². The number of carbonyl (C=O) groups is 4. The van der Waals surface area contributed by atoms with Gasteiger partial charge in [-0.15, -0.1) is 0 Å². The highest BCUT2D eigenvalue weighted by molar-refractivity contribution is 6.00. The van der Waals surface area contributed by atoms with E-state index in [0.717, 1.165) is 4.90 Å². The van der Waals surface area contributed by atoms with E-state index in [4.69, 9.17) is 9.47 Å². The summed E-state index contributed by atoms with van der Waals surface area (Å²) in [5.74, 6) is -1.77. The molecule has 0 spiro atoms. The summed E-state index contributed by atoms with van der Waals surface area (Å²) in [5, 5.41) is 5.14. The number of rotatable bonds is 7. The van der Waals surface area contributed by atoms with Crippen molar-refractivity contribution in [2.75, 3.05) is 20.2 Å². The summed E-state index contributed by atoms with van der Waals surface area (Å²) in [5.41, 5.74) is 0.279. The molecule has 1 saturated heterocycles. The molecule has 1 aromatic carbocycles. The first-order chi connectivity index (χ1) is 13.3. The van der Waals surface area contributed by atoms with E-state index < -0.39 is 36.0 Å². The third-order valence-electron chi connectivity index (χ3n) is 4.32. The number of carbonyl (C=O) groups excluding carboxylic acids is 4. The average Bonchev–Trinajstić information content (AvgIpc) is 3.10. The van der Waals surface area contributed by atoms with Gasteiger partial charge in [0.05, 0.1) is 12.7 Å². The standard InChI is InChI=1S/C19H25N3O6/c1-11(2)15(21-16(23)13-7-5-6-8-14(13)27-4)18(25)28-12(3)17(24)22-10-9-20-19(22)26/h5-8,11-12,15H,9-10H2,1-4H3,(H,20,26)(H,21,23)/t12-,15-/m0/s1.